The van der Waals surface area contributed by atoms with E-state index in [1.165, 1.54) is 4.90 Å². The normalized spacial score (nSPS) is 20.1. The predicted octanol–water partition coefficient (Wildman–Crippen LogP) is 5.52. The van der Waals surface area contributed by atoms with Crippen LogP contribution >= 0.6 is 0 Å². The number of ether oxygens (including phenoxy) is 1. The lowest BCUT2D eigenvalue weighted by molar-refractivity contribution is -0.173. The molecule has 3 amide bonds. The number of nitrogens with zero attached hydrogens (tertiary/aromatic N) is 3. The molecule has 46 heavy (non-hydrogen) atoms. The van der Waals surface area contributed by atoms with Crippen molar-refractivity contribution in [3.05, 3.63) is 107 Å². The molecule has 3 atom stereocenters. The summed E-state index contributed by atoms with van der Waals surface area (Å²) < 4.78 is 46.0. The zero-order valence-electron chi connectivity index (χ0n) is 25.8. The number of hydrogen-bond donors (Lipinski definition) is 1. The van der Waals surface area contributed by atoms with Gasteiger partial charge in [-0.25, -0.2) is 4.79 Å². The smallest absolute Gasteiger partial charge is 0.416 e. The minimum absolute atomic E-state index is 0.0399. The number of halogens is 3. The summed E-state index contributed by atoms with van der Waals surface area (Å²) in [5.41, 5.74) is 7.34. The Morgan fingerprint density at radius 2 is 1.57 bits per heavy atom. The van der Waals surface area contributed by atoms with Crippen molar-refractivity contribution in [2.75, 3.05) is 19.6 Å². The van der Waals surface area contributed by atoms with Gasteiger partial charge in [-0.3, -0.25) is 14.5 Å². The number of alkyl halides is 3. The van der Waals surface area contributed by atoms with Crippen molar-refractivity contribution < 1.29 is 32.3 Å². The fraction of sp³-hybridized carbons (Fsp3) is 0.400. The van der Waals surface area contributed by atoms with Crippen molar-refractivity contribution in [1.82, 2.24) is 14.7 Å². The van der Waals surface area contributed by atoms with Gasteiger partial charge in [0.15, 0.2) is 0 Å². The first-order valence-corrected chi connectivity index (χ1v) is 15.5. The molecule has 0 aliphatic carbocycles. The third-order valence-electron chi connectivity index (χ3n) is 8.55. The van der Waals surface area contributed by atoms with Crippen LogP contribution in [-0.4, -0.2) is 64.4 Å². The topological polar surface area (TPSA) is 96.2 Å². The number of unbranched alkanes of at least 4 members (excludes halogenated alkanes) is 1. The number of hydrogen-bond acceptors (Lipinski definition) is 5. The second-order valence-electron chi connectivity index (χ2n) is 12.0. The van der Waals surface area contributed by atoms with Gasteiger partial charge in [0.2, 0.25) is 11.8 Å². The molecule has 2 aliphatic rings. The van der Waals surface area contributed by atoms with Crippen LogP contribution in [0, 0.1) is 12.8 Å². The van der Waals surface area contributed by atoms with Crippen molar-refractivity contribution in [3.8, 4) is 0 Å². The van der Waals surface area contributed by atoms with Crippen molar-refractivity contribution >= 4 is 17.9 Å². The zero-order chi connectivity index (χ0) is 32.8. The monoisotopic (exact) mass is 636 g/mol. The average Bonchev–Trinajstić information content (AvgIpc) is 3.03. The van der Waals surface area contributed by atoms with E-state index in [4.69, 9.17) is 10.5 Å². The average molecular weight is 637 g/mol. The van der Waals surface area contributed by atoms with Gasteiger partial charge in [0.05, 0.1) is 18.0 Å². The van der Waals surface area contributed by atoms with Gasteiger partial charge < -0.3 is 20.3 Å². The van der Waals surface area contributed by atoms with Crippen LogP contribution in [0.4, 0.5) is 18.0 Å². The summed E-state index contributed by atoms with van der Waals surface area (Å²) in [7, 11) is 0. The van der Waals surface area contributed by atoms with E-state index < -0.39 is 36.0 Å². The summed E-state index contributed by atoms with van der Waals surface area (Å²) in [4.78, 5) is 46.7. The summed E-state index contributed by atoms with van der Waals surface area (Å²) in [6.07, 6.45) is -4.09. The molecule has 0 aromatic heterocycles. The Balaban J connectivity index is 1.46. The number of fused-ring (bicyclic) bond motifs is 1. The Morgan fingerprint density at radius 1 is 0.891 bits per heavy atom. The van der Waals surface area contributed by atoms with E-state index in [0.29, 0.717) is 44.3 Å². The number of carbonyl (C=O) groups is 3. The van der Waals surface area contributed by atoms with Gasteiger partial charge in [0.1, 0.15) is 18.8 Å². The van der Waals surface area contributed by atoms with E-state index >= 15 is 0 Å². The highest BCUT2D eigenvalue weighted by Gasteiger charge is 2.51. The molecular formula is C35H39F3N4O4. The van der Waals surface area contributed by atoms with Crippen LogP contribution in [-0.2, 0) is 40.1 Å². The van der Waals surface area contributed by atoms with Gasteiger partial charge in [-0.15, -0.1) is 0 Å². The molecule has 0 spiro atoms. The van der Waals surface area contributed by atoms with Crippen molar-refractivity contribution in [2.24, 2.45) is 11.7 Å². The number of benzene rings is 3. The molecule has 0 bridgehead atoms. The number of amides is 3. The second-order valence-corrected chi connectivity index (χ2v) is 12.0. The Kier molecular flexibility index (Phi) is 10.3. The third-order valence-corrected chi connectivity index (χ3v) is 8.55. The van der Waals surface area contributed by atoms with Crippen LogP contribution in [0.25, 0.3) is 0 Å². The first-order valence-electron chi connectivity index (χ1n) is 15.5. The first kappa shape index (κ1) is 33.0. The van der Waals surface area contributed by atoms with Gasteiger partial charge in [-0.1, -0.05) is 72.3 Å². The van der Waals surface area contributed by atoms with E-state index in [1.807, 2.05) is 60.7 Å². The molecule has 2 aliphatic heterocycles. The highest BCUT2D eigenvalue weighted by Crippen LogP contribution is 2.34. The maximum Gasteiger partial charge on any atom is 0.416 e. The highest BCUT2D eigenvalue weighted by atomic mass is 19.4. The molecule has 0 radical (unpaired) electrons. The van der Waals surface area contributed by atoms with Gasteiger partial charge in [-0.05, 0) is 68.0 Å². The molecule has 2 fully saturated rings. The lowest BCUT2D eigenvalue weighted by Gasteiger charge is -2.53. The molecule has 2 N–H and O–H groups in total. The zero-order valence-corrected chi connectivity index (χ0v) is 25.8. The molecular weight excluding hydrogens is 597 g/mol. The van der Waals surface area contributed by atoms with Crippen LogP contribution in [0.3, 0.4) is 0 Å². The largest absolute Gasteiger partial charge is 0.444 e. The molecule has 0 unspecified atom stereocenters. The minimum atomic E-state index is -4.54. The second kappa shape index (κ2) is 14.4. The Labute approximate surface area is 266 Å². The fourth-order valence-corrected chi connectivity index (χ4v) is 6.38. The Morgan fingerprint density at radius 3 is 2.22 bits per heavy atom. The van der Waals surface area contributed by atoms with Crippen molar-refractivity contribution in [1.29, 1.82) is 0 Å². The van der Waals surface area contributed by atoms with Crippen LogP contribution in [0.1, 0.15) is 47.1 Å². The fourth-order valence-electron chi connectivity index (χ4n) is 6.38. The number of piperazine rings is 1. The number of rotatable bonds is 10. The van der Waals surface area contributed by atoms with Crippen LogP contribution < -0.4 is 5.73 Å². The summed E-state index contributed by atoms with van der Waals surface area (Å²) >= 11 is 0. The minimum Gasteiger partial charge on any atom is -0.444 e. The van der Waals surface area contributed by atoms with Gasteiger partial charge in [0.25, 0.3) is 0 Å². The van der Waals surface area contributed by atoms with E-state index in [0.717, 1.165) is 23.3 Å². The first-order chi connectivity index (χ1) is 22.0. The summed E-state index contributed by atoms with van der Waals surface area (Å²) in [6.45, 7) is 2.02. The van der Waals surface area contributed by atoms with Gasteiger partial charge in [-0.2, -0.15) is 13.2 Å². The molecule has 3 aromatic carbocycles. The molecule has 5 rings (SSSR count). The van der Waals surface area contributed by atoms with Crippen LogP contribution in [0.2, 0.25) is 0 Å². The molecule has 3 aromatic rings. The van der Waals surface area contributed by atoms with Gasteiger partial charge >= 0.3 is 12.3 Å². The summed E-state index contributed by atoms with van der Waals surface area (Å²) in [5.74, 6) is -1.05. The van der Waals surface area contributed by atoms with Crippen LogP contribution in [0.5, 0.6) is 0 Å². The summed E-state index contributed by atoms with van der Waals surface area (Å²) in [5, 5.41) is 0. The maximum absolute atomic E-state index is 14.2. The molecule has 0 saturated carbocycles. The number of aryl methyl sites for hydroxylation is 1. The van der Waals surface area contributed by atoms with E-state index in [2.05, 4.69) is 0 Å². The van der Waals surface area contributed by atoms with E-state index in [1.54, 1.807) is 22.8 Å². The molecule has 2 heterocycles. The van der Waals surface area contributed by atoms with E-state index in [9.17, 15) is 27.6 Å². The number of nitrogens with two attached hydrogens (primary N) is 1. The van der Waals surface area contributed by atoms with Crippen molar-refractivity contribution in [2.45, 2.75) is 64.1 Å². The van der Waals surface area contributed by atoms with E-state index in [-0.39, 0.29) is 37.1 Å². The summed E-state index contributed by atoms with van der Waals surface area (Å²) in [6, 6.07) is 21.6. The van der Waals surface area contributed by atoms with Crippen molar-refractivity contribution in [3.63, 3.8) is 0 Å². The molecule has 2 saturated heterocycles. The standard InChI is InChI=1S/C35H39F3N4O4/c1-24-16-27(19-29(17-24)35(36,37)38)23-46-34(45)41-21-28(18-25-10-4-2-5-11-25)32(43)42-30(14-8-9-15-39)33(44)40(22-31(41)42)20-26-12-6-3-7-13-26/h2-7,10-13,16-17,19,28,30-31H,8-9,14-15,18,20-23,39H2,1H3/t28-,30+,31-/m1/s1. The quantitative estimate of drug-likeness (QED) is 0.296. The van der Waals surface area contributed by atoms with Gasteiger partial charge in [0, 0.05) is 13.1 Å². The maximum atomic E-state index is 14.2. The lowest BCUT2D eigenvalue weighted by Crippen LogP contribution is -2.73. The number of carbonyl (C=O) groups excluding carboxylic acids is 3. The Hall–Kier alpha value is -4.38. The predicted molar refractivity (Wildman–Crippen MR) is 166 cm³/mol. The molecule has 11 heteroatoms. The SMILES string of the molecule is Cc1cc(COC(=O)N2C[C@@H](Cc3ccccc3)C(=O)N3[C@@H]2CN(Cc2ccccc2)C(=O)[C@@H]3CCCCN)cc(C(F)(F)F)c1. The lowest BCUT2D eigenvalue weighted by atomic mass is 9.90. The molecule has 244 valence electrons. The molecule has 8 nitrogen and oxygen atoms in total. The Bertz CT molecular complexity index is 1520. The van der Waals surface area contributed by atoms with Crippen LogP contribution in [0.15, 0.2) is 78.9 Å². The third kappa shape index (κ3) is 7.70. The highest BCUT2D eigenvalue weighted by molar-refractivity contribution is 5.91.